The van der Waals surface area contributed by atoms with E-state index in [2.05, 4.69) is 17.0 Å². The van der Waals surface area contributed by atoms with Crippen molar-refractivity contribution in [2.45, 2.75) is 37.9 Å². The van der Waals surface area contributed by atoms with Gasteiger partial charge in [0.05, 0.1) is 29.4 Å². The number of nitrogens with one attached hydrogen (secondary N) is 1. The summed E-state index contributed by atoms with van der Waals surface area (Å²) in [7, 11) is 1.28. The zero-order valence-corrected chi connectivity index (χ0v) is 18.9. The molecule has 168 valence electrons. The Hall–Kier alpha value is -3.13. The van der Waals surface area contributed by atoms with Crippen LogP contribution in [-0.4, -0.2) is 41.8 Å². The van der Waals surface area contributed by atoms with Crippen LogP contribution in [0.5, 0.6) is 0 Å². The summed E-state index contributed by atoms with van der Waals surface area (Å²) in [6.45, 7) is 2.15. The Morgan fingerprint density at radius 2 is 1.78 bits per heavy atom. The molecular weight excluding hydrogens is 428 g/mol. The number of esters is 1. The average Bonchev–Trinajstić information content (AvgIpc) is 3.09. The third kappa shape index (κ3) is 5.76. The second-order valence-electron chi connectivity index (χ2n) is 7.46. The Labute approximate surface area is 191 Å². The Morgan fingerprint density at radius 1 is 1.09 bits per heavy atom. The lowest BCUT2D eigenvalue weighted by atomic mass is 10.1. The van der Waals surface area contributed by atoms with E-state index in [9.17, 15) is 19.2 Å². The van der Waals surface area contributed by atoms with Gasteiger partial charge in [-0.05, 0) is 54.8 Å². The largest absolute Gasteiger partial charge is 0.465 e. The van der Waals surface area contributed by atoms with Gasteiger partial charge in [-0.1, -0.05) is 25.5 Å². The number of ether oxygens (including phenoxy) is 1. The standard InChI is InChI=1S/C24H26N2O5S/c1-3-4-5-16-6-10-18(11-7-16)25-21(27)15-32-20-14-22(28)26(23(20)29)19-12-8-17(9-13-19)24(30)31-2/h6-13,20H,3-5,14-15H2,1-2H3,(H,25,27)/t20-/m0/s1. The third-order valence-corrected chi connectivity index (χ3v) is 6.32. The molecule has 7 nitrogen and oxygen atoms in total. The molecule has 0 bridgehead atoms. The number of carbonyl (C=O) groups excluding carboxylic acids is 4. The van der Waals surface area contributed by atoms with Crippen LogP contribution in [0, 0.1) is 0 Å². The smallest absolute Gasteiger partial charge is 0.337 e. The number of unbranched alkanes of at least 4 members (excludes halogenated alkanes) is 1. The highest BCUT2D eigenvalue weighted by atomic mass is 32.2. The van der Waals surface area contributed by atoms with Crippen molar-refractivity contribution in [2.24, 2.45) is 0 Å². The Morgan fingerprint density at radius 3 is 2.41 bits per heavy atom. The van der Waals surface area contributed by atoms with Gasteiger partial charge in [0.25, 0.3) is 0 Å². The minimum absolute atomic E-state index is 0.0294. The molecule has 1 saturated heterocycles. The van der Waals surface area contributed by atoms with Crippen molar-refractivity contribution in [3.8, 4) is 0 Å². The van der Waals surface area contributed by atoms with Crippen LogP contribution < -0.4 is 10.2 Å². The molecule has 2 aromatic carbocycles. The molecule has 2 aromatic rings. The number of carbonyl (C=O) groups is 4. The van der Waals surface area contributed by atoms with Gasteiger partial charge in [-0.2, -0.15) is 0 Å². The molecule has 0 radical (unpaired) electrons. The van der Waals surface area contributed by atoms with Gasteiger partial charge in [0.2, 0.25) is 17.7 Å². The first kappa shape index (κ1) is 23.5. The van der Waals surface area contributed by atoms with Gasteiger partial charge in [0, 0.05) is 12.1 Å². The van der Waals surface area contributed by atoms with Gasteiger partial charge in [0.15, 0.2) is 0 Å². The van der Waals surface area contributed by atoms with Crippen molar-refractivity contribution >= 4 is 46.8 Å². The number of imide groups is 1. The second kappa shape index (κ2) is 10.9. The van der Waals surface area contributed by atoms with Gasteiger partial charge in [-0.25, -0.2) is 9.69 Å². The minimum atomic E-state index is -0.620. The van der Waals surface area contributed by atoms with E-state index in [1.165, 1.54) is 36.9 Å². The maximum absolute atomic E-state index is 12.7. The van der Waals surface area contributed by atoms with E-state index in [1.807, 2.05) is 24.3 Å². The van der Waals surface area contributed by atoms with E-state index < -0.39 is 11.2 Å². The summed E-state index contributed by atoms with van der Waals surface area (Å²) >= 11 is 1.15. The summed E-state index contributed by atoms with van der Waals surface area (Å²) in [4.78, 5) is 50.1. The van der Waals surface area contributed by atoms with Gasteiger partial charge in [0.1, 0.15) is 0 Å². The van der Waals surface area contributed by atoms with Gasteiger partial charge in [-0.15, -0.1) is 11.8 Å². The SMILES string of the molecule is CCCCc1ccc(NC(=O)CS[C@H]2CC(=O)N(c3ccc(C(=O)OC)cc3)C2=O)cc1. The van der Waals surface area contributed by atoms with Gasteiger partial charge >= 0.3 is 5.97 Å². The first-order valence-corrected chi connectivity index (χ1v) is 11.5. The molecule has 0 spiro atoms. The third-order valence-electron chi connectivity index (χ3n) is 5.12. The van der Waals surface area contributed by atoms with Crippen LogP contribution in [-0.2, 0) is 25.5 Å². The van der Waals surface area contributed by atoms with Crippen LogP contribution in [0.2, 0.25) is 0 Å². The lowest BCUT2D eigenvalue weighted by molar-refractivity contribution is -0.121. The predicted molar refractivity (Wildman–Crippen MR) is 125 cm³/mol. The maximum Gasteiger partial charge on any atom is 0.337 e. The summed E-state index contributed by atoms with van der Waals surface area (Å²) in [5.41, 5.74) is 2.66. The van der Waals surface area contributed by atoms with Crippen molar-refractivity contribution in [3.05, 3.63) is 59.7 Å². The molecule has 3 rings (SSSR count). The zero-order chi connectivity index (χ0) is 23.1. The molecule has 0 aliphatic carbocycles. The summed E-state index contributed by atoms with van der Waals surface area (Å²) in [5.74, 6) is -1.35. The normalized spacial score (nSPS) is 15.7. The molecule has 1 heterocycles. The average molecular weight is 455 g/mol. The van der Waals surface area contributed by atoms with Crippen LogP contribution in [0.4, 0.5) is 11.4 Å². The molecule has 0 unspecified atom stereocenters. The number of hydrogen-bond donors (Lipinski definition) is 1. The topological polar surface area (TPSA) is 92.8 Å². The molecule has 0 aromatic heterocycles. The number of rotatable bonds is 9. The molecule has 32 heavy (non-hydrogen) atoms. The van der Waals surface area contributed by atoms with Crippen molar-refractivity contribution < 1.29 is 23.9 Å². The molecule has 1 atom stereocenters. The maximum atomic E-state index is 12.7. The van der Waals surface area contributed by atoms with Crippen molar-refractivity contribution in [3.63, 3.8) is 0 Å². The van der Waals surface area contributed by atoms with Crippen molar-refractivity contribution in [2.75, 3.05) is 23.1 Å². The Bertz CT molecular complexity index is 988. The fourth-order valence-corrected chi connectivity index (χ4v) is 4.31. The van der Waals surface area contributed by atoms with E-state index in [-0.39, 0.29) is 29.9 Å². The highest BCUT2D eigenvalue weighted by Crippen LogP contribution is 2.30. The lowest BCUT2D eigenvalue weighted by Gasteiger charge is -2.15. The monoisotopic (exact) mass is 454 g/mol. The van der Waals surface area contributed by atoms with Crippen LogP contribution in [0.3, 0.4) is 0 Å². The fraction of sp³-hybridized carbons (Fsp3) is 0.333. The summed E-state index contributed by atoms with van der Waals surface area (Å²) < 4.78 is 4.65. The molecule has 8 heteroatoms. The molecule has 1 N–H and O–H groups in total. The molecule has 1 aliphatic heterocycles. The number of benzene rings is 2. The highest BCUT2D eigenvalue weighted by Gasteiger charge is 2.40. The van der Waals surface area contributed by atoms with E-state index in [0.717, 1.165) is 35.9 Å². The van der Waals surface area contributed by atoms with Gasteiger partial charge in [-0.3, -0.25) is 14.4 Å². The quantitative estimate of drug-likeness (QED) is 0.457. The molecule has 3 amide bonds. The van der Waals surface area contributed by atoms with E-state index in [1.54, 1.807) is 0 Å². The number of thioether (sulfide) groups is 1. The van der Waals surface area contributed by atoms with E-state index >= 15 is 0 Å². The fourth-order valence-electron chi connectivity index (χ4n) is 3.38. The predicted octanol–water partition coefficient (Wildman–Crippen LogP) is 3.82. The molecular formula is C24H26N2O5S. The van der Waals surface area contributed by atoms with Crippen LogP contribution >= 0.6 is 11.8 Å². The lowest BCUT2D eigenvalue weighted by Crippen LogP contribution is -2.31. The van der Waals surface area contributed by atoms with E-state index in [0.29, 0.717) is 16.9 Å². The molecule has 1 fully saturated rings. The highest BCUT2D eigenvalue weighted by molar-refractivity contribution is 8.01. The van der Waals surface area contributed by atoms with Crippen molar-refractivity contribution in [1.82, 2.24) is 0 Å². The van der Waals surface area contributed by atoms with E-state index in [4.69, 9.17) is 0 Å². The number of nitrogens with zero attached hydrogens (tertiary/aromatic N) is 1. The Balaban J connectivity index is 1.53. The molecule has 0 saturated carbocycles. The number of hydrogen-bond acceptors (Lipinski definition) is 6. The van der Waals surface area contributed by atoms with Crippen LogP contribution in [0.15, 0.2) is 48.5 Å². The summed E-state index contributed by atoms with van der Waals surface area (Å²) in [6, 6.07) is 13.8. The number of aryl methyl sites for hydroxylation is 1. The molecule has 1 aliphatic rings. The minimum Gasteiger partial charge on any atom is -0.465 e. The first-order chi connectivity index (χ1) is 15.4. The first-order valence-electron chi connectivity index (χ1n) is 10.5. The number of amides is 3. The van der Waals surface area contributed by atoms with Crippen LogP contribution in [0.1, 0.15) is 42.1 Å². The zero-order valence-electron chi connectivity index (χ0n) is 18.1. The van der Waals surface area contributed by atoms with Crippen molar-refractivity contribution in [1.29, 1.82) is 0 Å². The summed E-state index contributed by atoms with van der Waals surface area (Å²) in [6.07, 6.45) is 3.30. The summed E-state index contributed by atoms with van der Waals surface area (Å²) in [5, 5.41) is 2.21. The number of anilines is 2. The van der Waals surface area contributed by atoms with Gasteiger partial charge < -0.3 is 10.1 Å². The Kier molecular flexibility index (Phi) is 8.05. The number of methoxy groups -OCH3 is 1. The van der Waals surface area contributed by atoms with Crippen LogP contribution in [0.25, 0.3) is 0 Å². The second-order valence-corrected chi connectivity index (χ2v) is 8.65.